The second-order valence-corrected chi connectivity index (χ2v) is 3.95. The molecule has 1 aliphatic heterocycles. The maximum atomic E-state index is 11.2. The molecular formula is C11H19N3O. The second-order valence-electron chi connectivity index (χ2n) is 3.95. The monoisotopic (exact) mass is 209 g/mol. The minimum atomic E-state index is 0.125. The first-order valence-electron chi connectivity index (χ1n) is 5.65. The van der Waals surface area contributed by atoms with Gasteiger partial charge in [0.15, 0.2) is 0 Å². The number of nitrogens with one attached hydrogen (secondary N) is 1. The van der Waals surface area contributed by atoms with E-state index in [4.69, 9.17) is 5.26 Å². The molecule has 0 bridgehead atoms. The van der Waals surface area contributed by atoms with Crippen LogP contribution in [0, 0.1) is 17.2 Å². The predicted octanol–water partition coefficient (Wildman–Crippen LogP) is 0.748. The van der Waals surface area contributed by atoms with Crippen LogP contribution in [-0.2, 0) is 4.79 Å². The summed E-state index contributed by atoms with van der Waals surface area (Å²) in [5.74, 6) is 0.352. The number of nitriles is 1. The van der Waals surface area contributed by atoms with E-state index < -0.39 is 0 Å². The van der Waals surface area contributed by atoms with Crippen molar-refractivity contribution in [3.8, 4) is 6.07 Å². The van der Waals surface area contributed by atoms with Crippen molar-refractivity contribution in [2.45, 2.75) is 26.2 Å². The van der Waals surface area contributed by atoms with Gasteiger partial charge in [-0.3, -0.25) is 4.79 Å². The van der Waals surface area contributed by atoms with Crippen LogP contribution in [0.2, 0.25) is 0 Å². The molecule has 1 N–H and O–H groups in total. The van der Waals surface area contributed by atoms with E-state index in [1.807, 2.05) is 6.92 Å². The van der Waals surface area contributed by atoms with Crippen molar-refractivity contribution >= 4 is 5.91 Å². The molecule has 0 aromatic heterocycles. The molecule has 4 heteroatoms. The Balaban J connectivity index is 2.14. The van der Waals surface area contributed by atoms with E-state index in [0.717, 1.165) is 32.5 Å². The molecule has 0 unspecified atom stereocenters. The number of carbonyl (C=O) groups excluding carboxylic acids is 1. The van der Waals surface area contributed by atoms with E-state index in [9.17, 15) is 4.79 Å². The van der Waals surface area contributed by atoms with Gasteiger partial charge in [-0.1, -0.05) is 0 Å². The first-order chi connectivity index (χ1) is 7.26. The average Bonchev–Trinajstić information content (AvgIpc) is 2.27. The Morgan fingerprint density at radius 2 is 2.20 bits per heavy atom. The van der Waals surface area contributed by atoms with E-state index in [2.05, 4.69) is 16.3 Å². The summed E-state index contributed by atoms with van der Waals surface area (Å²) in [6.45, 7) is 5.37. The lowest BCUT2D eigenvalue weighted by atomic mass is 9.98. The van der Waals surface area contributed by atoms with Crippen LogP contribution in [0.4, 0.5) is 0 Å². The standard InChI is InChI=1S/C11H19N3O/c1-2-13-11(15)5-8-14-6-3-10(9-12)4-7-14/h10H,2-8H2,1H3,(H,13,15). The molecule has 84 valence electrons. The molecule has 0 saturated carbocycles. The maximum absolute atomic E-state index is 11.2. The summed E-state index contributed by atoms with van der Waals surface area (Å²) in [6.07, 6.45) is 2.48. The summed E-state index contributed by atoms with van der Waals surface area (Å²) < 4.78 is 0. The Morgan fingerprint density at radius 3 is 2.73 bits per heavy atom. The van der Waals surface area contributed by atoms with Crippen molar-refractivity contribution in [2.24, 2.45) is 5.92 Å². The number of hydrogen-bond acceptors (Lipinski definition) is 3. The molecule has 1 aliphatic rings. The summed E-state index contributed by atoms with van der Waals surface area (Å²) in [4.78, 5) is 13.5. The van der Waals surface area contributed by atoms with Gasteiger partial charge in [-0.25, -0.2) is 0 Å². The van der Waals surface area contributed by atoms with E-state index >= 15 is 0 Å². The van der Waals surface area contributed by atoms with Crippen LogP contribution in [0.3, 0.4) is 0 Å². The highest BCUT2D eigenvalue weighted by Crippen LogP contribution is 2.15. The Morgan fingerprint density at radius 1 is 1.53 bits per heavy atom. The van der Waals surface area contributed by atoms with Crippen molar-refractivity contribution in [2.75, 3.05) is 26.2 Å². The fourth-order valence-corrected chi connectivity index (χ4v) is 1.83. The third kappa shape index (κ3) is 4.30. The topological polar surface area (TPSA) is 56.1 Å². The van der Waals surface area contributed by atoms with E-state index in [0.29, 0.717) is 13.0 Å². The zero-order chi connectivity index (χ0) is 11.1. The lowest BCUT2D eigenvalue weighted by Crippen LogP contribution is -2.36. The van der Waals surface area contributed by atoms with Crippen molar-refractivity contribution in [3.63, 3.8) is 0 Å². The third-order valence-electron chi connectivity index (χ3n) is 2.80. The minimum Gasteiger partial charge on any atom is -0.356 e. The van der Waals surface area contributed by atoms with Crippen molar-refractivity contribution in [1.29, 1.82) is 5.26 Å². The molecule has 1 fully saturated rings. The van der Waals surface area contributed by atoms with Gasteiger partial charge in [-0.05, 0) is 32.9 Å². The van der Waals surface area contributed by atoms with Crippen LogP contribution in [0.1, 0.15) is 26.2 Å². The van der Waals surface area contributed by atoms with E-state index in [-0.39, 0.29) is 11.8 Å². The van der Waals surface area contributed by atoms with Crippen molar-refractivity contribution in [3.05, 3.63) is 0 Å². The number of hydrogen-bond donors (Lipinski definition) is 1. The van der Waals surface area contributed by atoms with Gasteiger partial charge < -0.3 is 10.2 Å². The second kappa shape index (κ2) is 6.41. The number of piperidine rings is 1. The van der Waals surface area contributed by atoms with Gasteiger partial charge in [-0.2, -0.15) is 5.26 Å². The molecule has 1 amide bonds. The normalized spacial score (nSPS) is 18.4. The quantitative estimate of drug-likeness (QED) is 0.743. The van der Waals surface area contributed by atoms with Crippen LogP contribution < -0.4 is 5.32 Å². The van der Waals surface area contributed by atoms with Crippen LogP contribution >= 0.6 is 0 Å². The lowest BCUT2D eigenvalue weighted by Gasteiger charge is -2.28. The number of amides is 1. The summed E-state index contributed by atoms with van der Waals surface area (Å²) in [5, 5.41) is 11.5. The maximum Gasteiger partial charge on any atom is 0.221 e. The summed E-state index contributed by atoms with van der Waals surface area (Å²) in [5.41, 5.74) is 0. The Hall–Kier alpha value is -1.08. The van der Waals surface area contributed by atoms with Gasteiger partial charge in [-0.15, -0.1) is 0 Å². The molecule has 1 heterocycles. The lowest BCUT2D eigenvalue weighted by molar-refractivity contribution is -0.121. The van der Waals surface area contributed by atoms with Crippen LogP contribution in [-0.4, -0.2) is 37.0 Å². The van der Waals surface area contributed by atoms with Crippen LogP contribution in [0.15, 0.2) is 0 Å². The zero-order valence-corrected chi connectivity index (χ0v) is 9.33. The molecule has 4 nitrogen and oxygen atoms in total. The first kappa shape index (κ1) is 12.0. The predicted molar refractivity (Wildman–Crippen MR) is 58.1 cm³/mol. The van der Waals surface area contributed by atoms with Gasteiger partial charge in [0, 0.05) is 25.4 Å². The number of nitrogens with zero attached hydrogens (tertiary/aromatic N) is 2. The van der Waals surface area contributed by atoms with Gasteiger partial charge in [0.05, 0.1) is 6.07 Å². The van der Waals surface area contributed by atoms with Crippen molar-refractivity contribution < 1.29 is 4.79 Å². The smallest absolute Gasteiger partial charge is 0.221 e. The average molecular weight is 209 g/mol. The molecule has 0 atom stereocenters. The summed E-state index contributed by atoms with van der Waals surface area (Å²) >= 11 is 0. The molecular weight excluding hydrogens is 190 g/mol. The van der Waals surface area contributed by atoms with Crippen molar-refractivity contribution in [1.82, 2.24) is 10.2 Å². The molecule has 0 spiro atoms. The van der Waals surface area contributed by atoms with Crippen LogP contribution in [0.25, 0.3) is 0 Å². The highest BCUT2D eigenvalue weighted by molar-refractivity contribution is 5.75. The molecule has 0 aromatic rings. The van der Waals surface area contributed by atoms with E-state index in [1.54, 1.807) is 0 Å². The number of likely N-dealkylation sites (tertiary alicyclic amines) is 1. The Bertz CT molecular complexity index is 239. The first-order valence-corrected chi connectivity index (χ1v) is 5.65. The Labute approximate surface area is 91.2 Å². The highest BCUT2D eigenvalue weighted by atomic mass is 16.1. The molecule has 1 rings (SSSR count). The van der Waals surface area contributed by atoms with Crippen LogP contribution in [0.5, 0.6) is 0 Å². The Kier molecular flexibility index (Phi) is 5.13. The largest absolute Gasteiger partial charge is 0.356 e. The number of carbonyl (C=O) groups is 1. The molecule has 0 aromatic carbocycles. The van der Waals surface area contributed by atoms with Gasteiger partial charge >= 0.3 is 0 Å². The SMILES string of the molecule is CCNC(=O)CCN1CCC(C#N)CC1. The summed E-state index contributed by atoms with van der Waals surface area (Å²) in [7, 11) is 0. The minimum absolute atomic E-state index is 0.125. The molecule has 15 heavy (non-hydrogen) atoms. The fourth-order valence-electron chi connectivity index (χ4n) is 1.83. The highest BCUT2D eigenvalue weighted by Gasteiger charge is 2.18. The van der Waals surface area contributed by atoms with Gasteiger partial charge in [0.25, 0.3) is 0 Å². The van der Waals surface area contributed by atoms with Gasteiger partial charge in [0.2, 0.25) is 5.91 Å². The van der Waals surface area contributed by atoms with E-state index in [1.165, 1.54) is 0 Å². The molecule has 1 saturated heterocycles. The fraction of sp³-hybridized carbons (Fsp3) is 0.818. The molecule has 0 aliphatic carbocycles. The third-order valence-corrected chi connectivity index (χ3v) is 2.80. The molecule has 0 radical (unpaired) electrons. The van der Waals surface area contributed by atoms with Gasteiger partial charge in [0.1, 0.15) is 0 Å². The summed E-state index contributed by atoms with van der Waals surface area (Å²) in [6, 6.07) is 2.30. The number of rotatable bonds is 4. The zero-order valence-electron chi connectivity index (χ0n) is 9.33.